The summed E-state index contributed by atoms with van der Waals surface area (Å²) in [4.78, 5) is 5.21. The predicted octanol–water partition coefficient (Wildman–Crippen LogP) is 2.77. The van der Waals surface area contributed by atoms with Crippen LogP contribution in [-0.4, -0.2) is 37.1 Å². The predicted molar refractivity (Wildman–Crippen MR) is 85.1 cm³/mol. The van der Waals surface area contributed by atoms with E-state index in [-0.39, 0.29) is 6.04 Å². The van der Waals surface area contributed by atoms with Gasteiger partial charge in [-0.3, -0.25) is 4.90 Å². The first-order valence-electron chi connectivity index (χ1n) is 8.12. The average Bonchev–Trinajstić information content (AvgIpc) is 3.17. The number of hydrogen-bond donors (Lipinski definition) is 1. The number of nitrogens with two attached hydrogens (primary N) is 1. The standard InChI is InChI=1S/C17H27N3/c1-2-17(18)14-5-7-15(8-6-14)20-12-9-16(13-20)19-10-3-4-11-19/h5-8,16-17H,2-4,9-13,18H2,1H3/t16?,17-/m0/s1. The molecule has 2 fully saturated rings. The molecule has 1 aromatic rings. The van der Waals surface area contributed by atoms with E-state index in [0.29, 0.717) is 0 Å². The van der Waals surface area contributed by atoms with Gasteiger partial charge in [-0.2, -0.15) is 0 Å². The lowest BCUT2D eigenvalue weighted by molar-refractivity contribution is 0.260. The van der Waals surface area contributed by atoms with E-state index in [1.807, 2.05) is 0 Å². The summed E-state index contributed by atoms with van der Waals surface area (Å²) in [5.74, 6) is 0. The Bertz CT molecular complexity index is 422. The lowest BCUT2D eigenvalue weighted by Crippen LogP contribution is -2.35. The molecule has 2 saturated heterocycles. The molecule has 0 spiro atoms. The van der Waals surface area contributed by atoms with Gasteiger partial charge >= 0.3 is 0 Å². The highest BCUT2D eigenvalue weighted by atomic mass is 15.3. The summed E-state index contributed by atoms with van der Waals surface area (Å²) in [5, 5.41) is 0. The third kappa shape index (κ3) is 2.84. The summed E-state index contributed by atoms with van der Waals surface area (Å²) in [6.45, 7) is 7.14. The van der Waals surface area contributed by atoms with Crippen LogP contribution in [0.1, 0.15) is 44.2 Å². The van der Waals surface area contributed by atoms with Crippen molar-refractivity contribution in [3.05, 3.63) is 29.8 Å². The van der Waals surface area contributed by atoms with Crippen molar-refractivity contribution in [3.63, 3.8) is 0 Å². The van der Waals surface area contributed by atoms with Crippen molar-refractivity contribution < 1.29 is 0 Å². The number of benzene rings is 1. The summed E-state index contributed by atoms with van der Waals surface area (Å²) in [5.41, 5.74) is 8.70. The molecular weight excluding hydrogens is 246 g/mol. The molecule has 3 rings (SSSR count). The third-order valence-electron chi connectivity index (χ3n) is 4.95. The Hall–Kier alpha value is -1.06. The number of likely N-dealkylation sites (tertiary alicyclic amines) is 1. The van der Waals surface area contributed by atoms with Crippen LogP contribution in [0.3, 0.4) is 0 Å². The monoisotopic (exact) mass is 273 g/mol. The Labute approximate surface area is 122 Å². The second-order valence-corrected chi connectivity index (χ2v) is 6.24. The Balaban J connectivity index is 1.62. The molecule has 2 N–H and O–H groups in total. The Kier molecular flexibility index (Phi) is 4.27. The topological polar surface area (TPSA) is 32.5 Å². The zero-order valence-corrected chi connectivity index (χ0v) is 12.6. The minimum atomic E-state index is 0.181. The highest BCUT2D eigenvalue weighted by Crippen LogP contribution is 2.26. The van der Waals surface area contributed by atoms with Gasteiger partial charge in [-0.25, -0.2) is 0 Å². The normalized spacial score (nSPS) is 25.3. The van der Waals surface area contributed by atoms with Gasteiger partial charge in [0.05, 0.1) is 0 Å². The summed E-state index contributed by atoms with van der Waals surface area (Å²) in [6, 6.07) is 9.85. The Morgan fingerprint density at radius 2 is 1.85 bits per heavy atom. The molecule has 0 amide bonds. The van der Waals surface area contributed by atoms with Crippen molar-refractivity contribution in [1.82, 2.24) is 4.90 Å². The lowest BCUT2D eigenvalue weighted by atomic mass is 10.1. The van der Waals surface area contributed by atoms with E-state index in [0.717, 1.165) is 12.5 Å². The molecule has 2 aliphatic rings. The van der Waals surface area contributed by atoms with Crippen LogP contribution in [0.4, 0.5) is 5.69 Å². The molecule has 3 heteroatoms. The summed E-state index contributed by atoms with van der Waals surface area (Å²) in [7, 11) is 0. The van der Waals surface area contributed by atoms with Crippen LogP contribution in [0.15, 0.2) is 24.3 Å². The van der Waals surface area contributed by atoms with E-state index in [4.69, 9.17) is 5.73 Å². The lowest BCUT2D eigenvalue weighted by Gasteiger charge is -2.24. The molecule has 1 unspecified atom stereocenters. The summed E-state index contributed by atoms with van der Waals surface area (Å²) in [6.07, 6.45) is 5.09. The summed E-state index contributed by atoms with van der Waals surface area (Å²) >= 11 is 0. The van der Waals surface area contributed by atoms with Crippen molar-refractivity contribution in [3.8, 4) is 0 Å². The van der Waals surface area contributed by atoms with Crippen molar-refractivity contribution in [1.29, 1.82) is 0 Å². The zero-order valence-electron chi connectivity index (χ0n) is 12.6. The maximum atomic E-state index is 6.08. The summed E-state index contributed by atoms with van der Waals surface area (Å²) < 4.78 is 0. The maximum absolute atomic E-state index is 6.08. The first-order valence-corrected chi connectivity index (χ1v) is 8.12. The van der Waals surface area contributed by atoms with E-state index in [1.165, 1.54) is 56.7 Å². The minimum absolute atomic E-state index is 0.181. The van der Waals surface area contributed by atoms with E-state index < -0.39 is 0 Å². The smallest absolute Gasteiger partial charge is 0.0366 e. The Morgan fingerprint density at radius 3 is 2.50 bits per heavy atom. The Morgan fingerprint density at radius 1 is 1.15 bits per heavy atom. The fourth-order valence-corrected chi connectivity index (χ4v) is 3.55. The molecule has 2 heterocycles. The molecule has 110 valence electrons. The van der Waals surface area contributed by atoms with Gasteiger partial charge in [0.2, 0.25) is 0 Å². The highest BCUT2D eigenvalue weighted by molar-refractivity contribution is 5.49. The van der Waals surface area contributed by atoms with Gasteiger partial charge < -0.3 is 10.6 Å². The number of nitrogens with zero attached hydrogens (tertiary/aromatic N) is 2. The largest absolute Gasteiger partial charge is 0.370 e. The highest BCUT2D eigenvalue weighted by Gasteiger charge is 2.29. The second kappa shape index (κ2) is 6.15. The van der Waals surface area contributed by atoms with Crippen LogP contribution in [0.5, 0.6) is 0 Å². The van der Waals surface area contributed by atoms with E-state index in [9.17, 15) is 0 Å². The van der Waals surface area contributed by atoms with Gasteiger partial charge in [-0.05, 0) is 56.5 Å². The van der Waals surface area contributed by atoms with Gasteiger partial charge in [-0.1, -0.05) is 19.1 Å². The van der Waals surface area contributed by atoms with Gasteiger partial charge in [0, 0.05) is 30.9 Å². The average molecular weight is 273 g/mol. The first kappa shape index (κ1) is 13.9. The van der Waals surface area contributed by atoms with E-state index >= 15 is 0 Å². The fourth-order valence-electron chi connectivity index (χ4n) is 3.55. The molecule has 0 aromatic heterocycles. The van der Waals surface area contributed by atoms with Crippen LogP contribution >= 0.6 is 0 Å². The molecule has 0 aliphatic carbocycles. The number of hydrogen-bond acceptors (Lipinski definition) is 3. The molecule has 3 nitrogen and oxygen atoms in total. The van der Waals surface area contributed by atoms with Crippen molar-refractivity contribution in [2.75, 3.05) is 31.1 Å². The van der Waals surface area contributed by atoms with Crippen LogP contribution in [0.25, 0.3) is 0 Å². The number of rotatable bonds is 4. The fraction of sp³-hybridized carbons (Fsp3) is 0.647. The molecular formula is C17H27N3. The van der Waals surface area contributed by atoms with Crippen molar-refractivity contribution >= 4 is 5.69 Å². The number of anilines is 1. The van der Waals surface area contributed by atoms with Gasteiger partial charge in [0.1, 0.15) is 0 Å². The quantitative estimate of drug-likeness (QED) is 0.915. The molecule has 1 aromatic carbocycles. The molecule has 20 heavy (non-hydrogen) atoms. The van der Waals surface area contributed by atoms with E-state index in [2.05, 4.69) is 41.0 Å². The van der Waals surface area contributed by atoms with Gasteiger partial charge in [0.15, 0.2) is 0 Å². The van der Waals surface area contributed by atoms with Gasteiger partial charge in [0.25, 0.3) is 0 Å². The van der Waals surface area contributed by atoms with Crippen LogP contribution < -0.4 is 10.6 Å². The van der Waals surface area contributed by atoms with Crippen LogP contribution in [0.2, 0.25) is 0 Å². The zero-order chi connectivity index (χ0) is 13.9. The molecule has 0 bridgehead atoms. The third-order valence-corrected chi connectivity index (χ3v) is 4.95. The maximum Gasteiger partial charge on any atom is 0.0366 e. The molecule has 2 atom stereocenters. The first-order chi connectivity index (χ1) is 9.78. The molecule has 2 aliphatic heterocycles. The SMILES string of the molecule is CC[C@H](N)c1ccc(N2CCC(N3CCCC3)C2)cc1. The van der Waals surface area contributed by atoms with Crippen molar-refractivity contribution in [2.45, 2.75) is 44.7 Å². The second-order valence-electron chi connectivity index (χ2n) is 6.24. The van der Waals surface area contributed by atoms with E-state index in [1.54, 1.807) is 0 Å². The van der Waals surface area contributed by atoms with Crippen LogP contribution in [0, 0.1) is 0 Å². The molecule has 0 saturated carbocycles. The van der Waals surface area contributed by atoms with Crippen LogP contribution in [-0.2, 0) is 0 Å². The van der Waals surface area contributed by atoms with Gasteiger partial charge in [-0.15, -0.1) is 0 Å². The van der Waals surface area contributed by atoms with Crippen molar-refractivity contribution in [2.24, 2.45) is 5.73 Å². The molecule has 0 radical (unpaired) electrons. The minimum Gasteiger partial charge on any atom is -0.370 e.